The molecular formula is C34H29FN2O7. The fourth-order valence-electron chi connectivity index (χ4n) is 6.53. The van der Waals surface area contributed by atoms with Crippen molar-refractivity contribution in [3.05, 3.63) is 112 Å². The van der Waals surface area contributed by atoms with Crippen LogP contribution in [-0.2, 0) is 40.7 Å². The van der Waals surface area contributed by atoms with Crippen LogP contribution in [0.4, 0.5) is 15.8 Å². The van der Waals surface area contributed by atoms with Gasteiger partial charge >= 0.3 is 11.9 Å². The Morgan fingerprint density at radius 1 is 0.886 bits per heavy atom. The van der Waals surface area contributed by atoms with E-state index in [0.717, 1.165) is 19.8 Å². The van der Waals surface area contributed by atoms with E-state index in [1.807, 2.05) is 30.3 Å². The molecule has 3 aromatic rings. The molecule has 9 nitrogen and oxygen atoms in total. The number of carbonyl (C=O) groups excluding carboxylic acids is 4. The molecule has 0 bridgehead atoms. The molecule has 44 heavy (non-hydrogen) atoms. The lowest BCUT2D eigenvalue weighted by molar-refractivity contribution is -0.141. The smallest absolute Gasteiger partial charge is 0.339 e. The number of benzene rings is 3. The van der Waals surface area contributed by atoms with Crippen molar-refractivity contribution in [3.63, 3.8) is 0 Å². The standard InChI is InChI=1S/C34H29FN2O7/c1-42-23-15-13-22(14-16-23)37-26-10-7-11-27(38)28(26)29(31(39)43-2)30(32(40)44-3)34(37)24-18-21(35)12-17-25(24)36(33(34)41)19-20-8-5-4-6-9-20/h4-6,8-9,12-18H,7,10-11,19H2,1-3H3. The van der Waals surface area contributed by atoms with Gasteiger partial charge in [-0.2, -0.15) is 0 Å². The second-order valence-electron chi connectivity index (χ2n) is 10.6. The number of Topliss-reactive ketones (excluding diaryl/α,β-unsaturated/α-hetero) is 1. The van der Waals surface area contributed by atoms with Crippen LogP contribution in [0.25, 0.3) is 0 Å². The number of rotatable bonds is 6. The number of ether oxygens (including phenoxy) is 3. The van der Waals surface area contributed by atoms with E-state index in [9.17, 15) is 14.4 Å². The number of esters is 2. The Hall–Kier alpha value is -5.25. The van der Waals surface area contributed by atoms with Crippen LogP contribution >= 0.6 is 0 Å². The summed E-state index contributed by atoms with van der Waals surface area (Å²) in [6.07, 6.45) is 0.845. The van der Waals surface area contributed by atoms with Crippen molar-refractivity contribution in [2.75, 3.05) is 31.1 Å². The molecule has 0 radical (unpaired) electrons. The predicted molar refractivity (Wildman–Crippen MR) is 158 cm³/mol. The summed E-state index contributed by atoms with van der Waals surface area (Å²) < 4.78 is 31.0. The number of fused-ring (bicyclic) bond motifs is 2. The number of halogens is 1. The van der Waals surface area contributed by atoms with Crippen LogP contribution < -0.4 is 14.5 Å². The molecule has 2 aliphatic heterocycles. The van der Waals surface area contributed by atoms with Gasteiger partial charge in [0, 0.05) is 23.4 Å². The van der Waals surface area contributed by atoms with Crippen molar-refractivity contribution in [1.29, 1.82) is 0 Å². The minimum atomic E-state index is -2.13. The minimum Gasteiger partial charge on any atom is -0.497 e. The summed E-state index contributed by atoms with van der Waals surface area (Å²) in [7, 11) is 3.77. The molecule has 0 saturated carbocycles. The zero-order valence-corrected chi connectivity index (χ0v) is 24.4. The van der Waals surface area contributed by atoms with Crippen molar-refractivity contribution < 1.29 is 37.8 Å². The number of allylic oxidation sites excluding steroid dienone is 1. The Balaban J connectivity index is 1.77. The summed E-state index contributed by atoms with van der Waals surface area (Å²) in [5, 5.41) is 0. The number of anilines is 2. The fourth-order valence-corrected chi connectivity index (χ4v) is 6.53. The lowest BCUT2D eigenvalue weighted by atomic mass is 9.71. The van der Waals surface area contributed by atoms with Gasteiger partial charge in [0.15, 0.2) is 11.3 Å². The molecule has 1 unspecified atom stereocenters. The van der Waals surface area contributed by atoms with Crippen LogP contribution in [0.2, 0.25) is 0 Å². The number of ketones is 1. The van der Waals surface area contributed by atoms with E-state index >= 15 is 9.18 Å². The highest BCUT2D eigenvalue weighted by Crippen LogP contribution is 2.57. The minimum absolute atomic E-state index is 0.0165. The molecule has 1 aliphatic carbocycles. The quantitative estimate of drug-likeness (QED) is 0.376. The Morgan fingerprint density at radius 2 is 1.59 bits per heavy atom. The van der Waals surface area contributed by atoms with Gasteiger partial charge in [0.05, 0.1) is 50.3 Å². The maximum Gasteiger partial charge on any atom is 0.339 e. The van der Waals surface area contributed by atoms with Crippen molar-refractivity contribution in [3.8, 4) is 5.75 Å². The SMILES string of the molecule is COC(=O)C1=C(C(=O)OC)C2(C(=O)N(Cc3ccccc3)c3ccc(F)cc32)N(c2ccc(OC)cc2)C2=C1C(=O)CCC2. The first-order valence-electron chi connectivity index (χ1n) is 14.1. The van der Waals surface area contributed by atoms with Crippen LogP contribution in [0.1, 0.15) is 30.4 Å². The Kier molecular flexibility index (Phi) is 7.28. The summed E-state index contributed by atoms with van der Waals surface area (Å²) >= 11 is 0. The van der Waals surface area contributed by atoms with Crippen LogP contribution in [-0.4, -0.2) is 45.0 Å². The first-order chi connectivity index (χ1) is 21.3. The molecule has 1 spiro atoms. The molecule has 6 rings (SSSR count). The largest absolute Gasteiger partial charge is 0.497 e. The van der Waals surface area contributed by atoms with Crippen LogP contribution in [0, 0.1) is 5.82 Å². The molecule has 3 aromatic carbocycles. The Labute approximate surface area is 253 Å². The van der Waals surface area contributed by atoms with E-state index in [0.29, 0.717) is 35.7 Å². The Bertz CT molecular complexity index is 1760. The zero-order chi connectivity index (χ0) is 31.2. The van der Waals surface area contributed by atoms with Gasteiger partial charge in [-0.1, -0.05) is 30.3 Å². The van der Waals surface area contributed by atoms with Crippen LogP contribution in [0.5, 0.6) is 5.75 Å². The van der Waals surface area contributed by atoms with Crippen molar-refractivity contribution in [2.45, 2.75) is 31.3 Å². The van der Waals surface area contributed by atoms with E-state index < -0.39 is 34.8 Å². The van der Waals surface area contributed by atoms with E-state index in [4.69, 9.17) is 14.2 Å². The van der Waals surface area contributed by atoms with Crippen molar-refractivity contribution in [2.24, 2.45) is 0 Å². The van der Waals surface area contributed by atoms with Crippen LogP contribution in [0.3, 0.4) is 0 Å². The van der Waals surface area contributed by atoms with Gasteiger partial charge in [-0.3, -0.25) is 9.59 Å². The molecule has 1 amide bonds. The van der Waals surface area contributed by atoms with Crippen LogP contribution in [0.15, 0.2) is 95.2 Å². The number of hydrogen-bond acceptors (Lipinski definition) is 8. The lowest BCUT2D eigenvalue weighted by Gasteiger charge is -2.48. The molecule has 2 heterocycles. The number of methoxy groups -OCH3 is 3. The first-order valence-corrected chi connectivity index (χ1v) is 14.1. The first kappa shape index (κ1) is 28.9. The maximum atomic E-state index is 15.3. The fraction of sp³-hybridized carbons (Fsp3) is 0.235. The predicted octanol–water partition coefficient (Wildman–Crippen LogP) is 4.75. The number of amides is 1. The van der Waals surface area contributed by atoms with Crippen molar-refractivity contribution in [1.82, 2.24) is 0 Å². The molecule has 3 aliphatic rings. The summed E-state index contributed by atoms with van der Waals surface area (Å²) in [4.78, 5) is 59.5. The molecule has 224 valence electrons. The molecular weight excluding hydrogens is 567 g/mol. The number of hydrogen-bond donors (Lipinski definition) is 0. The van der Waals surface area contributed by atoms with E-state index in [-0.39, 0.29) is 35.5 Å². The van der Waals surface area contributed by atoms with Gasteiger partial charge < -0.3 is 24.0 Å². The monoisotopic (exact) mass is 596 g/mol. The summed E-state index contributed by atoms with van der Waals surface area (Å²) in [5.74, 6) is -3.14. The third kappa shape index (κ3) is 4.20. The third-order valence-electron chi connectivity index (χ3n) is 8.34. The summed E-state index contributed by atoms with van der Waals surface area (Å²) in [5.41, 5.74) is -0.891. The maximum absolute atomic E-state index is 15.3. The molecule has 10 heteroatoms. The normalized spacial score (nSPS) is 19.3. The van der Waals surface area contributed by atoms with Gasteiger partial charge in [-0.05, 0) is 60.9 Å². The summed E-state index contributed by atoms with van der Waals surface area (Å²) in [6, 6.07) is 19.9. The number of carbonyl (C=O) groups is 4. The highest BCUT2D eigenvalue weighted by atomic mass is 19.1. The average molecular weight is 597 g/mol. The van der Waals surface area contributed by atoms with Gasteiger partial charge in [0.25, 0.3) is 5.91 Å². The molecule has 0 saturated heterocycles. The second kappa shape index (κ2) is 11.1. The van der Waals surface area contributed by atoms with E-state index in [2.05, 4.69) is 0 Å². The molecule has 1 atom stereocenters. The van der Waals surface area contributed by atoms with Gasteiger partial charge in [0.2, 0.25) is 0 Å². The average Bonchev–Trinajstić information content (AvgIpc) is 3.27. The van der Waals surface area contributed by atoms with Gasteiger partial charge in [0.1, 0.15) is 11.6 Å². The Morgan fingerprint density at radius 3 is 2.25 bits per heavy atom. The van der Waals surface area contributed by atoms with Gasteiger partial charge in [-0.15, -0.1) is 0 Å². The van der Waals surface area contributed by atoms with E-state index in [1.165, 1.54) is 30.2 Å². The highest BCUT2D eigenvalue weighted by molar-refractivity contribution is 6.24. The second-order valence-corrected chi connectivity index (χ2v) is 10.6. The molecule has 0 fully saturated rings. The van der Waals surface area contributed by atoms with Crippen molar-refractivity contribution >= 4 is 35.0 Å². The molecule has 0 N–H and O–H groups in total. The third-order valence-corrected chi connectivity index (χ3v) is 8.34. The van der Waals surface area contributed by atoms with E-state index in [1.54, 1.807) is 29.2 Å². The molecule has 0 aromatic heterocycles. The lowest BCUT2D eigenvalue weighted by Crippen LogP contribution is -2.59. The topological polar surface area (TPSA) is 102 Å². The zero-order valence-electron chi connectivity index (χ0n) is 24.4. The van der Waals surface area contributed by atoms with Gasteiger partial charge in [-0.25, -0.2) is 14.0 Å². The number of nitrogens with zero attached hydrogens (tertiary/aromatic N) is 2. The summed E-state index contributed by atoms with van der Waals surface area (Å²) in [6.45, 7) is 0.0867. The highest BCUT2D eigenvalue weighted by Gasteiger charge is 2.64.